The van der Waals surface area contributed by atoms with Gasteiger partial charge in [0.05, 0.1) is 0 Å². The number of esters is 1. The van der Waals surface area contributed by atoms with Crippen LogP contribution in [0.3, 0.4) is 0 Å². The monoisotopic (exact) mass is 402 g/mol. The number of rotatable bonds is 4. The highest BCUT2D eigenvalue weighted by Crippen LogP contribution is 2.34. The highest BCUT2D eigenvalue weighted by Gasteiger charge is 2.32. The number of halogens is 5. The fourth-order valence-electron chi connectivity index (χ4n) is 2.11. The molecule has 0 radical (unpaired) electrons. The Balaban J connectivity index is 2.08. The Morgan fingerprint density at radius 1 is 1.07 bits per heavy atom. The van der Waals surface area contributed by atoms with E-state index in [0.29, 0.717) is 0 Å². The van der Waals surface area contributed by atoms with Gasteiger partial charge in [-0.2, -0.15) is 8.78 Å². The van der Waals surface area contributed by atoms with Crippen LogP contribution in [0.5, 0.6) is 5.75 Å². The maximum atomic E-state index is 13.8. The first-order valence-electron chi connectivity index (χ1n) is 7.04. The van der Waals surface area contributed by atoms with Crippen LogP contribution < -0.4 is 4.74 Å². The molecule has 1 aromatic carbocycles. The lowest BCUT2D eigenvalue weighted by atomic mass is 10.1. The fraction of sp³-hybridized carbons (Fsp3) is 0.0625. The van der Waals surface area contributed by atoms with E-state index in [4.69, 9.17) is 4.52 Å². The van der Waals surface area contributed by atoms with Crippen molar-refractivity contribution < 1.29 is 36.0 Å². The summed E-state index contributed by atoms with van der Waals surface area (Å²) >= 11 is 0.945. The molecule has 140 valence electrons. The zero-order valence-corrected chi connectivity index (χ0v) is 14.0. The van der Waals surface area contributed by atoms with Crippen molar-refractivity contribution >= 4 is 17.7 Å². The van der Waals surface area contributed by atoms with Crippen molar-refractivity contribution in [1.82, 2.24) is 10.1 Å². The lowest BCUT2D eigenvalue weighted by Gasteiger charge is -2.09. The average Bonchev–Trinajstić information content (AvgIpc) is 3.13. The van der Waals surface area contributed by atoms with Gasteiger partial charge in [0.2, 0.25) is 34.8 Å². The lowest BCUT2D eigenvalue weighted by Crippen LogP contribution is -2.14. The normalized spacial score (nSPS) is 10.9. The first-order chi connectivity index (χ1) is 12.9. The molecule has 0 saturated heterocycles. The molecule has 0 aliphatic heterocycles. The molecule has 2 aromatic heterocycles. The molecular formula is C16H7F5N2O3S. The number of hydrogen-bond donors (Lipinski definition) is 0. The standard InChI is InChI=1S/C16H7F5N2O3S/c1-27-15-7(13(26-23-15)6-3-2-4-22-5-6)16(24)25-14-11(20)9(18)8(17)10(19)12(14)21/h2-5H,1H3. The van der Waals surface area contributed by atoms with Gasteiger partial charge in [-0.3, -0.25) is 4.98 Å². The average molecular weight is 402 g/mol. The number of pyridine rings is 1. The van der Waals surface area contributed by atoms with Crippen molar-refractivity contribution in [1.29, 1.82) is 0 Å². The van der Waals surface area contributed by atoms with E-state index in [2.05, 4.69) is 14.9 Å². The van der Waals surface area contributed by atoms with Gasteiger partial charge in [0.1, 0.15) is 5.56 Å². The van der Waals surface area contributed by atoms with Crippen LogP contribution in [0.15, 0.2) is 34.1 Å². The van der Waals surface area contributed by atoms with Gasteiger partial charge in [-0.15, -0.1) is 11.8 Å². The number of nitrogens with zero attached hydrogens (tertiary/aromatic N) is 2. The van der Waals surface area contributed by atoms with Crippen LogP contribution in [0, 0.1) is 29.1 Å². The largest absolute Gasteiger partial charge is 0.416 e. The predicted molar refractivity (Wildman–Crippen MR) is 82.7 cm³/mol. The maximum Gasteiger partial charge on any atom is 0.350 e. The van der Waals surface area contributed by atoms with Gasteiger partial charge in [0, 0.05) is 18.0 Å². The molecule has 0 spiro atoms. The number of hydrogen-bond acceptors (Lipinski definition) is 6. The van der Waals surface area contributed by atoms with E-state index < -0.39 is 40.8 Å². The Labute approximate surface area is 152 Å². The fourth-order valence-corrected chi connectivity index (χ4v) is 2.60. The molecule has 0 bridgehead atoms. The molecular weight excluding hydrogens is 395 g/mol. The number of carbonyl (C=O) groups is 1. The molecule has 3 rings (SSSR count). The Morgan fingerprint density at radius 3 is 2.26 bits per heavy atom. The van der Waals surface area contributed by atoms with Crippen LogP contribution in [0.2, 0.25) is 0 Å². The van der Waals surface area contributed by atoms with Crippen molar-refractivity contribution in [2.24, 2.45) is 0 Å². The van der Waals surface area contributed by atoms with E-state index in [1.165, 1.54) is 30.8 Å². The first-order valence-corrected chi connectivity index (χ1v) is 8.27. The van der Waals surface area contributed by atoms with Crippen LogP contribution in [-0.2, 0) is 0 Å². The SMILES string of the molecule is CSc1noc(-c2cccnc2)c1C(=O)Oc1c(F)c(F)c(F)c(F)c1F. The zero-order valence-electron chi connectivity index (χ0n) is 13.2. The summed E-state index contributed by atoms with van der Waals surface area (Å²) < 4.78 is 76.7. The van der Waals surface area contributed by atoms with E-state index >= 15 is 0 Å². The number of ether oxygens (including phenoxy) is 1. The van der Waals surface area contributed by atoms with Gasteiger partial charge >= 0.3 is 5.97 Å². The third-order valence-corrected chi connectivity index (χ3v) is 4.01. The summed E-state index contributed by atoms with van der Waals surface area (Å²) in [5, 5.41) is 3.62. The molecule has 0 aliphatic carbocycles. The van der Waals surface area contributed by atoms with E-state index in [1.54, 1.807) is 0 Å². The summed E-state index contributed by atoms with van der Waals surface area (Å²) in [5.74, 6) is -14.7. The number of thioether (sulfide) groups is 1. The molecule has 0 N–H and O–H groups in total. The van der Waals surface area contributed by atoms with Gasteiger partial charge in [0.15, 0.2) is 10.8 Å². The Kier molecular flexibility index (Phi) is 5.13. The van der Waals surface area contributed by atoms with E-state index in [9.17, 15) is 26.7 Å². The Morgan fingerprint density at radius 2 is 1.70 bits per heavy atom. The second kappa shape index (κ2) is 7.35. The van der Waals surface area contributed by atoms with Crippen LogP contribution in [0.4, 0.5) is 22.0 Å². The Hall–Kier alpha value is -2.95. The van der Waals surface area contributed by atoms with Gasteiger partial charge in [-0.1, -0.05) is 5.16 Å². The van der Waals surface area contributed by atoms with E-state index in [0.717, 1.165) is 11.8 Å². The first kappa shape index (κ1) is 18.8. The molecule has 5 nitrogen and oxygen atoms in total. The predicted octanol–water partition coefficient (Wildman–Crippen LogP) is 4.37. The number of aromatic nitrogens is 2. The molecule has 0 saturated carbocycles. The molecule has 11 heteroatoms. The molecule has 0 amide bonds. The quantitative estimate of drug-likeness (QED) is 0.161. The Bertz CT molecular complexity index is 998. The van der Waals surface area contributed by atoms with Crippen molar-refractivity contribution in [2.45, 2.75) is 5.03 Å². The van der Waals surface area contributed by atoms with Gasteiger partial charge in [-0.25, -0.2) is 18.0 Å². The lowest BCUT2D eigenvalue weighted by molar-refractivity contribution is 0.0713. The number of carbonyl (C=O) groups excluding carboxylic acids is 1. The molecule has 0 atom stereocenters. The summed E-state index contributed by atoms with van der Waals surface area (Å²) in [6.07, 6.45) is 4.29. The van der Waals surface area contributed by atoms with Crippen LogP contribution in [0.1, 0.15) is 10.4 Å². The highest BCUT2D eigenvalue weighted by atomic mass is 32.2. The van der Waals surface area contributed by atoms with E-state index in [-0.39, 0.29) is 21.9 Å². The van der Waals surface area contributed by atoms with Gasteiger partial charge < -0.3 is 9.26 Å². The molecule has 3 aromatic rings. The van der Waals surface area contributed by atoms with Gasteiger partial charge in [0.25, 0.3) is 0 Å². The topological polar surface area (TPSA) is 65.2 Å². The van der Waals surface area contributed by atoms with Crippen molar-refractivity contribution in [2.75, 3.05) is 6.26 Å². The van der Waals surface area contributed by atoms with Crippen molar-refractivity contribution in [3.05, 3.63) is 59.2 Å². The third kappa shape index (κ3) is 3.25. The molecule has 0 aliphatic rings. The summed E-state index contributed by atoms with van der Waals surface area (Å²) in [4.78, 5) is 16.3. The minimum absolute atomic E-state index is 0.0114. The number of benzene rings is 1. The van der Waals surface area contributed by atoms with Crippen LogP contribution in [0.25, 0.3) is 11.3 Å². The van der Waals surface area contributed by atoms with Crippen molar-refractivity contribution in [3.8, 4) is 17.1 Å². The second-order valence-electron chi connectivity index (χ2n) is 4.93. The zero-order chi connectivity index (χ0) is 19.7. The van der Waals surface area contributed by atoms with E-state index in [1.807, 2.05) is 0 Å². The summed E-state index contributed by atoms with van der Waals surface area (Å²) in [5.41, 5.74) is -0.0610. The molecule has 27 heavy (non-hydrogen) atoms. The second-order valence-corrected chi connectivity index (χ2v) is 5.72. The molecule has 0 unspecified atom stereocenters. The third-order valence-electron chi connectivity index (χ3n) is 3.35. The van der Waals surface area contributed by atoms with Crippen molar-refractivity contribution in [3.63, 3.8) is 0 Å². The van der Waals surface area contributed by atoms with Crippen LogP contribution in [-0.4, -0.2) is 22.4 Å². The highest BCUT2D eigenvalue weighted by molar-refractivity contribution is 7.98. The van der Waals surface area contributed by atoms with Crippen LogP contribution >= 0.6 is 11.8 Å². The maximum absolute atomic E-state index is 13.8. The molecule has 2 heterocycles. The summed E-state index contributed by atoms with van der Waals surface area (Å²) in [7, 11) is 0. The van der Waals surface area contributed by atoms with Gasteiger partial charge in [-0.05, 0) is 18.4 Å². The minimum atomic E-state index is -2.37. The minimum Gasteiger partial charge on any atom is -0.416 e. The summed E-state index contributed by atoms with van der Waals surface area (Å²) in [6, 6.07) is 3.03. The summed E-state index contributed by atoms with van der Waals surface area (Å²) in [6.45, 7) is 0. The molecule has 0 fully saturated rings. The smallest absolute Gasteiger partial charge is 0.350 e.